The van der Waals surface area contributed by atoms with E-state index in [1.54, 1.807) is 4.90 Å². The molecular formula is C23H26ClN3O2. The van der Waals surface area contributed by atoms with Crippen LogP contribution in [0.2, 0.25) is 5.02 Å². The molecule has 29 heavy (non-hydrogen) atoms. The fourth-order valence-electron chi connectivity index (χ4n) is 4.14. The minimum atomic E-state index is -0.850. The smallest absolute Gasteiger partial charge is 0.259 e. The van der Waals surface area contributed by atoms with Crippen molar-refractivity contribution in [3.05, 3.63) is 59.1 Å². The van der Waals surface area contributed by atoms with Crippen LogP contribution < -0.4 is 5.32 Å². The Balaban J connectivity index is 1.65. The Labute approximate surface area is 176 Å². The van der Waals surface area contributed by atoms with Crippen LogP contribution in [0.4, 0.5) is 0 Å². The zero-order valence-electron chi connectivity index (χ0n) is 16.6. The summed E-state index contributed by atoms with van der Waals surface area (Å²) in [5.41, 5.74) is 2.09. The average molecular weight is 412 g/mol. The Morgan fingerprint density at radius 1 is 1.21 bits per heavy atom. The fourth-order valence-corrected chi connectivity index (χ4v) is 4.33. The van der Waals surface area contributed by atoms with Crippen molar-refractivity contribution in [2.45, 2.75) is 31.7 Å². The van der Waals surface area contributed by atoms with Gasteiger partial charge >= 0.3 is 0 Å². The zero-order valence-corrected chi connectivity index (χ0v) is 17.3. The van der Waals surface area contributed by atoms with Crippen molar-refractivity contribution >= 4 is 23.5 Å². The van der Waals surface area contributed by atoms with Crippen LogP contribution in [0.25, 0.3) is 11.1 Å². The maximum Gasteiger partial charge on any atom is 0.259 e. The summed E-state index contributed by atoms with van der Waals surface area (Å²) < 4.78 is 5.39. The summed E-state index contributed by atoms with van der Waals surface area (Å²) >= 11 is 6.17. The highest BCUT2D eigenvalue weighted by atomic mass is 35.5. The Kier molecular flexibility index (Phi) is 5.61. The van der Waals surface area contributed by atoms with E-state index in [1.165, 1.54) is 0 Å². The number of benzene rings is 2. The van der Waals surface area contributed by atoms with E-state index >= 15 is 0 Å². The van der Waals surface area contributed by atoms with Crippen LogP contribution in [0.3, 0.4) is 0 Å². The monoisotopic (exact) mass is 411 g/mol. The predicted molar refractivity (Wildman–Crippen MR) is 115 cm³/mol. The number of hydrogen-bond donors (Lipinski definition) is 2. The molecule has 1 aliphatic heterocycles. The summed E-state index contributed by atoms with van der Waals surface area (Å²) in [6.07, 6.45) is 2.69. The molecule has 4 rings (SSSR count). The number of carbonyl (C=O) groups excluding carboxylic acids is 1. The maximum atomic E-state index is 13.5. The molecule has 0 spiro atoms. The standard InChI is InChI=1S/C23H26ClN3O2/c1-2-29-13-5-12-27-21(28)23(18-10-11-18,26-22(27)25)19-8-3-6-16(14-19)17-7-4-9-20(24)15-17/h3-4,6-9,14-15,18H,2,5,10-13H2,1H3,(H2,25,26). The third-order valence-electron chi connectivity index (χ3n) is 5.71. The Bertz CT molecular complexity index is 928. The summed E-state index contributed by atoms with van der Waals surface area (Å²) in [5, 5.41) is 12.4. The molecule has 0 radical (unpaired) electrons. The van der Waals surface area contributed by atoms with Gasteiger partial charge in [-0.15, -0.1) is 0 Å². The highest BCUT2D eigenvalue weighted by molar-refractivity contribution is 6.30. The van der Waals surface area contributed by atoms with E-state index in [4.69, 9.17) is 21.7 Å². The van der Waals surface area contributed by atoms with Crippen LogP contribution in [0.1, 0.15) is 31.7 Å². The van der Waals surface area contributed by atoms with E-state index in [1.807, 2.05) is 49.4 Å². The van der Waals surface area contributed by atoms with Crippen LogP contribution in [0.15, 0.2) is 48.5 Å². The third kappa shape index (κ3) is 3.77. The van der Waals surface area contributed by atoms with Gasteiger partial charge in [0, 0.05) is 24.8 Å². The topological polar surface area (TPSA) is 65.4 Å². The lowest BCUT2D eigenvalue weighted by atomic mass is 9.83. The van der Waals surface area contributed by atoms with Crippen LogP contribution in [0.5, 0.6) is 0 Å². The van der Waals surface area contributed by atoms with E-state index in [2.05, 4.69) is 11.4 Å². The van der Waals surface area contributed by atoms with Gasteiger partial charge in [-0.3, -0.25) is 15.1 Å². The first-order chi connectivity index (χ1) is 14.1. The van der Waals surface area contributed by atoms with Gasteiger partial charge in [0.05, 0.1) is 0 Å². The summed E-state index contributed by atoms with van der Waals surface area (Å²) in [6.45, 7) is 3.70. The van der Waals surface area contributed by atoms with Gasteiger partial charge in [-0.05, 0) is 67.0 Å². The Hall–Kier alpha value is -2.37. The van der Waals surface area contributed by atoms with Crippen LogP contribution in [0, 0.1) is 11.3 Å². The summed E-state index contributed by atoms with van der Waals surface area (Å²) in [4.78, 5) is 15.1. The summed E-state index contributed by atoms with van der Waals surface area (Å²) in [5.74, 6) is 0.373. The van der Waals surface area contributed by atoms with Crippen LogP contribution >= 0.6 is 11.6 Å². The maximum absolute atomic E-state index is 13.5. The van der Waals surface area contributed by atoms with Crippen molar-refractivity contribution in [2.24, 2.45) is 5.92 Å². The molecule has 0 bridgehead atoms. The molecule has 6 heteroatoms. The van der Waals surface area contributed by atoms with E-state index in [9.17, 15) is 4.79 Å². The molecule has 1 unspecified atom stereocenters. The van der Waals surface area contributed by atoms with Gasteiger partial charge in [0.1, 0.15) is 5.54 Å². The second kappa shape index (κ2) is 8.17. The molecule has 1 saturated heterocycles. The lowest BCUT2D eigenvalue weighted by molar-refractivity contribution is -0.132. The van der Waals surface area contributed by atoms with Gasteiger partial charge < -0.3 is 10.1 Å². The van der Waals surface area contributed by atoms with Crippen molar-refractivity contribution < 1.29 is 9.53 Å². The van der Waals surface area contributed by atoms with Crippen molar-refractivity contribution in [2.75, 3.05) is 19.8 Å². The van der Waals surface area contributed by atoms with Gasteiger partial charge in [-0.1, -0.05) is 41.9 Å². The molecule has 5 nitrogen and oxygen atoms in total. The number of nitrogens with zero attached hydrogens (tertiary/aromatic N) is 1. The van der Waals surface area contributed by atoms with Crippen molar-refractivity contribution in [1.82, 2.24) is 10.2 Å². The zero-order chi connectivity index (χ0) is 20.4. The van der Waals surface area contributed by atoms with Gasteiger partial charge in [-0.25, -0.2) is 0 Å². The molecule has 1 amide bonds. The first kappa shape index (κ1) is 19.9. The molecule has 2 aromatic rings. The molecule has 1 aliphatic carbocycles. The fraction of sp³-hybridized carbons (Fsp3) is 0.391. The Morgan fingerprint density at radius 2 is 1.93 bits per heavy atom. The largest absolute Gasteiger partial charge is 0.382 e. The first-order valence-corrected chi connectivity index (χ1v) is 10.6. The van der Waals surface area contributed by atoms with Crippen LogP contribution in [-0.2, 0) is 15.1 Å². The molecule has 1 atom stereocenters. The minimum absolute atomic E-state index is 0.0234. The van der Waals surface area contributed by atoms with Gasteiger partial charge in [0.15, 0.2) is 5.96 Å². The number of ether oxygens (including phenoxy) is 1. The number of guanidine groups is 1. The highest BCUT2D eigenvalue weighted by Crippen LogP contribution is 2.49. The van der Waals surface area contributed by atoms with Gasteiger partial charge in [0.2, 0.25) is 0 Å². The lowest BCUT2D eigenvalue weighted by Gasteiger charge is -2.28. The van der Waals surface area contributed by atoms with Crippen molar-refractivity contribution in [1.29, 1.82) is 5.41 Å². The molecular weight excluding hydrogens is 386 g/mol. The Morgan fingerprint density at radius 3 is 2.62 bits per heavy atom. The van der Waals surface area contributed by atoms with E-state index in [-0.39, 0.29) is 17.8 Å². The second-order valence-electron chi connectivity index (χ2n) is 7.65. The normalized spacial score (nSPS) is 21.5. The predicted octanol–water partition coefficient (Wildman–Crippen LogP) is 4.41. The molecule has 0 aromatic heterocycles. The average Bonchev–Trinajstić information content (AvgIpc) is 3.54. The lowest BCUT2D eigenvalue weighted by Crippen LogP contribution is -2.46. The van der Waals surface area contributed by atoms with Crippen molar-refractivity contribution in [3.8, 4) is 11.1 Å². The second-order valence-corrected chi connectivity index (χ2v) is 8.09. The SMILES string of the molecule is CCOCCCN1C(=N)NC(c2cccc(-c3cccc(Cl)c3)c2)(C2CC2)C1=O. The molecule has 2 aliphatic rings. The first-order valence-electron chi connectivity index (χ1n) is 10.2. The number of amides is 1. The number of hydrogen-bond acceptors (Lipinski definition) is 3. The third-order valence-corrected chi connectivity index (χ3v) is 5.94. The quantitative estimate of drug-likeness (QED) is 0.632. The highest BCUT2D eigenvalue weighted by Gasteiger charge is 2.58. The number of halogens is 1. The molecule has 152 valence electrons. The molecule has 1 saturated carbocycles. The molecule has 1 heterocycles. The van der Waals surface area contributed by atoms with E-state index < -0.39 is 5.54 Å². The van der Waals surface area contributed by atoms with E-state index in [0.717, 1.165) is 29.5 Å². The van der Waals surface area contributed by atoms with Gasteiger partial charge in [-0.2, -0.15) is 0 Å². The summed E-state index contributed by atoms with van der Waals surface area (Å²) in [6, 6.07) is 15.8. The van der Waals surface area contributed by atoms with Gasteiger partial charge in [0.25, 0.3) is 5.91 Å². The van der Waals surface area contributed by atoms with Crippen molar-refractivity contribution in [3.63, 3.8) is 0 Å². The number of rotatable bonds is 8. The van der Waals surface area contributed by atoms with Crippen LogP contribution in [-0.4, -0.2) is 36.5 Å². The molecule has 2 aromatic carbocycles. The number of nitrogens with one attached hydrogen (secondary N) is 2. The minimum Gasteiger partial charge on any atom is -0.382 e. The summed E-state index contributed by atoms with van der Waals surface area (Å²) in [7, 11) is 0. The molecule has 2 N–H and O–H groups in total. The number of carbonyl (C=O) groups is 1. The molecule has 2 fully saturated rings. The van der Waals surface area contributed by atoms with E-state index in [0.29, 0.717) is 31.2 Å².